The topological polar surface area (TPSA) is 35.8 Å². The lowest BCUT2D eigenvalue weighted by molar-refractivity contribution is 0.652. The summed E-state index contributed by atoms with van der Waals surface area (Å²) in [6, 6.07) is 12.2. The first-order valence-corrected chi connectivity index (χ1v) is 6.82. The summed E-state index contributed by atoms with van der Waals surface area (Å²) < 4.78 is 0. The van der Waals surface area contributed by atoms with Gasteiger partial charge in [-0.1, -0.05) is 23.7 Å². The third kappa shape index (κ3) is 2.56. The van der Waals surface area contributed by atoms with Gasteiger partial charge in [-0.3, -0.25) is 0 Å². The largest absolute Gasteiger partial charge is 0.313 e. The highest BCUT2D eigenvalue weighted by Gasteiger charge is 2.10. The first kappa shape index (κ1) is 13.1. The van der Waals surface area contributed by atoms with Crippen molar-refractivity contribution in [3.63, 3.8) is 0 Å². The molecule has 0 radical (unpaired) electrons. The minimum atomic E-state index is 0.226. The van der Waals surface area contributed by atoms with E-state index in [1.54, 1.807) is 0 Å². The fraction of sp³-hybridized carbons (Fsp3) is 0.214. The fourth-order valence-electron chi connectivity index (χ4n) is 1.74. The van der Waals surface area contributed by atoms with Crippen molar-refractivity contribution >= 4 is 22.9 Å². The quantitative estimate of drug-likeness (QED) is 0.911. The number of hydrogen-bond donors (Lipinski definition) is 1. The summed E-state index contributed by atoms with van der Waals surface area (Å²) in [6.45, 7) is 2.07. The highest BCUT2D eigenvalue weighted by atomic mass is 35.5. The first-order chi connectivity index (χ1) is 8.65. The normalized spacial score (nSPS) is 12.1. The van der Waals surface area contributed by atoms with Gasteiger partial charge in [0, 0.05) is 15.9 Å². The molecule has 2 aromatic rings. The van der Waals surface area contributed by atoms with Crippen LogP contribution in [-0.4, -0.2) is 7.05 Å². The van der Waals surface area contributed by atoms with Gasteiger partial charge in [0.15, 0.2) is 0 Å². The van der Waals surface area contributed by atoms with Crippen molar-refractivity contribution in [2.75, 3.05) is 7.05 Å². The van der Waals surface area contributed by atoms with Crippen LogP contribution in [0.15, 0.2) is 30.3 Å². The number of halogens is 1. The molecular weight excluding hydrogens is 264 g/mol. The van der Waals surface area contributed by atoms with Gasteiger partial charge >= 0.3 is 0 Å². The van der Waals surface area contributed by atoms with E-state index in [1.165, 1.54) is 11.3 Å². The standard InChI is InChI=1S/C14H13ClN2S/c1-9(17-2)12-5-3-10(7-13(12)15)14-6-4-11(8-16)18-14/h3-7,9,17H,1-2H3. The minimum Gasteiger partial charge on any atom is -0.313 e. The van der Waals surface area contributed by atoms with E-state index in [2.05, 4.69) is 18.3 Å². The Balaban J connectivity index is 2.37. The fourth-order valence-corrected chi connectivity index (χ4v) is 2.88. The van der Waals surface area contributed by atoms with Gasteiger partial charge in [-0.25, -0.2) is 0 Å². The van der Waals surface area contributed by atoms with Gasteiger partial charge in [0.1, 0.15) is 10.9 Å². The summed E-state index contributed by atoms with van der Waals surface area (Å²) in [5, 5.41) is 12.7. The number of nitrogens with zero attached hydrogens (tertiary/aromatic N) is 1. The number of rotatable bonds is 3. The van der Waals surface area contributed by atoms with Crippen LogP contribution in [0.5, 0.6) is 0 Å². The van der Waals surface area contributed by atoms with E-state index < -0.39 is 0 Å². The number of nitriles is 1. The van der Waals surface area contributed by atoms with Crippen molar-refractivity contribution in [2.24, 2.45) is 0 Å². The molecule has 0 saturated carbocycles. The molecule has 0 aliphatic carbocycles. The number of benzene rings is 1. The van der Waals surface area contributed by atoms with Gasteiger partial charge < -0.3 is 5.32 Å². The Labute approximate surface area is 116 Å². The number of thiophene rings is 1. The van der Waals surface area contributed by atoms with E-state index in [0.29, 0.717) is 4.88 Å². The maximum atomic E-state index is 8.83. The van der Waals surface area contributed by atoms with Gasteiger partial charge in [-0.05, 0) is 43.3 Å². The third-order valence-corrected chi connectivity index (χ3v) is 4.27. The zero-order chi connectivity index (χ0) is 13.1. The SMILES string of the molecule is CNC(C)c1ccc(-c2ccc(C#N)s2)cc1Cl. The average Bonchev–Trinajstić information content (AvgIpc) is 2.86. The summed E-state index contributed by atoms with van der Waals surface area (Å²) in [7, 11) is 1.91. The summed E-state index contributed by atoms with van der Waals surface area (Å²) >= 11 is 7.77. The molecule has 0 fully saturated rings. The van der Waals surface area contributed by atoms with Crippen molar-refractivity contribution in [1.29, 1.82) is 5.26 Å². The predicted octanol–water partition coefficient (Wildman–Crippen LogP) is 4.22. The van der Waals surface area contributed by atoms with Crippen LogP contribution >= 0.6 is 22.9 Å². The molecule has 18 heavy (non-hydrogen) atoms. The Morgan fingerprint density at radius 1 is 1.33 bits per heavy atom. The van der Waals surface area contributed by atoms with Crippen LogP contribution in [0.25, 0.3) is 10.4 Å². The van der Waals surface area contributed by atoms with Crippen LogP contribution in [0.1, 0.15) is 23.4 Å². The molecule has 1 aromatic heterocycles. The van der Waals surface area contributed by atoms with E-state index in [9.17, 15) is 0 Å². The summed E-state index contributed by atoms with van der Waals surface area (Å²) in [5.74, 6) is 0. The van der Waals surface area contributed by atoms with Crippen LogP contribution in [0.3, 0.4) is 0 Å². The predicted molar refractivity (Wildman–Crippen MR) is 77.0 cm³/mol. The summed E-state index contributed by atoms with van der Waals surface area (Å²) in [5.41, 5.74) is 2.14. The molecule has 92 valence electrons. The Hall–Kier alpha value is -1.34. The lowest BCUT2D eigenvalue weighted by Crippen LogP contribution is -2.12. The highest BCUT2D eigenvalue weighted by Crippen LogP contribution is 2.32. The molecule has 1 heterocycles. The average molecular weight is 277 g/mol. The smallest absolute Gasteiger partial charge is 0.110 e. The molecule has 4 heteroatoms. The molecule has 0 amide bonds. The van der Waals surface area contributed by atoms with E-state index in [0.717, 1.165) is 21.0 Å². The Morgan fingerprint density at radius 2 is 2.11 bits per heavy atom. The van der Waals surface area contributed by atoms with E-state index in [1.807, 2.05) is 37.4 Å². The van der Waals surface area contributed by atoms with Crippen LogP contribution in [0, 0.1) is 11.3 Å². The molecular formula is C14H13ClN2S. The molecule has 1 N–H and O–H groups in total. The van der Waals surface area contributed by atoms with Crippen LogP contribution in [-0.2, 0) is 0 Å². The Bertz CT molecular complexity index is 598. The number of nitrogens with one attached hydrogen (secondary N) is 1. The second-order valence-corrected chi connectivity index (χ2v) is 5.51. The van der Waals surface area contributed by atoms with Crippen molar-refractivity contribution in [3.05, 3.63) is 45.8 Å². The second-order valence-electron chi connectivity index (χ2n) is 4.02. The van der Waals surface area contributed by atoms with Crippen molar-refractivity contribution in [2.45, 2.75) is 13.0 Å². The van der Waals surface area contributed by atoms with Crippen molar-refractivity contribution in [1.82, 2.24) is 5.32 Å². The maximum Gasteiger partial charge on any atom is 0.110 e. The molecule has 1 aromatic carbocycles. The first-order valence-electron chi connectivity index (χ1n) is 5.62. The Morgan fingerprint density at radius 3 is 2.67 bits per heavy atom. The van der Waals surface area contributed by atoms with Gasteiger partial charge in [0.25, 0.3) is 0 Å². The molecule has 2 nitrogen and oxygen atoms in total. The highest BCUT2D eigenvalue weighted by molar-refractivity contribution is 7.16. The van der Waals surface area contributed by atoms with Crippen molar-refractivity contribution in [3.8, 4) is 16.5 Å². The zero-order valence-corrected chi connectivity index (χ0v) is 11.8. The van der Waals surface area contributed by atoms with Gasteiger partial charge in [0.05, 0.1) is 0 Å². The van der Waals surface area contributed by atoms with Crippen LogP contribution in [0.4, 0.5) is 0 Å². The zero-order valence-electron chi connectivity index (χ0n) is 10.2. The molecule has 0 bridgehead atoms. The van der Waals surface area contributed by atoms with E-state index in [4.69, 9.17) is 16.9 Å². The lowest BCUT2D eigenvalue weighted by atomic mass is 10.1. The van der Waals surface area contributed by atoms with E-state index >= 15 is 0 Å². The minimum absolute atomic E-state index is 0.226. The van der Waals surface area contributed by atoms with Crippen LogP contribution in [0.2, 0.25) is 5.02 Å². The molecule has 1 unspecified atom stereocenters. The molecule has 2 rings (SSSR count). The van der Waals surface area contributed by atoms with Crippen molar-refractivity contribution < 1.29 is 0 Å². The number of hydrogen-bond acceptors (Lipinski definition) is 3. The second kappa shape index (κ2) is 5.53. The van der Waals surface area contributed by atoms with E-state index in [-0.39, 0.29) is 6.04 Å². The maximum absolute atomic E-state index is 8.83. The van der Waals surface area contributed by atoms with Gasteiger partial charge in [-0.2, -0.15) is 5.26 Å². The van der Waals surface area contributed by atoms with Crippen LogP contribution < -0.4 is 5.32 Å². The molecule has 0 aliphatic rings. The third-order valence-electron chi connectivity index (χ3n) is 2.90. The lowest BCUT2D eigenvalue weighted by Gasteiger charge is -2.13. The van der Waals surface area contributed by atoms with Gasteiger partial charge in [0.2, 0.25) is 0 Å². The summed E-state index contributed by atoms with van der Waals surface area (Å²) in [6.07, 6.45) is 0. The molecule has 0 aliphatic heterocycles. The monoisotopic (exact) mass is 276 g/mol. The molecule has 1 atom stereocenters. The Kier molecular flexibility index (Phi) is 4.03. The van der Waals surface area contributed by atoms with Gasteiger partial charge in [-0.15, -0.1) is 11.3 Å². The molecule has 0 spiro atoms. The molecule has 0 saturated heterocycles. The summed E-state index contributed by atoms with van der Waals surface area (Å²) in [4.78, 5) is 1.78.